The average molecular weight is 302 g/mol. The van der Waals surface area contributed by atoms with Crippen LogP contribution in [0.25, 0.3) is 0 Å². The molecule has 0 aromatic heterocycles. The molecule has 22 heavy (non-hydrogen) atoms. The van der Waals surface area contributed by atoms with Crippen LogP contribution in [-0.4, -0.2) is 29.5 Å². The quantitative estimate of drug-likeness (QED) is 0.664. The van der Waals surface area contributed by atoms with Crippen LogP contribution < -0.4 is 11.1 Å². The first kappa shape index (κ1) is 16.8. The van der Waals surface area contributed by atoms with Gasteiger partial charge in [-0.1, -0.05) is 30.7 Å². The molecular weight excluding hydrogens is 272 g/mol. The second-order valence-corrected chi connectivity index (χ2v) is 7.18. The van der Waals surface area contributed by atoms with Crippen molar-refractivity contribution in [3.8, 4) is 0 Å². The minimum Gasteiger partial charge on any atom is -0.370 e. The lowest BCUT2D eigenvalue weighted by atomic mass is 10.1. The summed E-state index contributed by atoms with van der Waals surface area (Å²) in [4.78, 5) is 7.04. The van der Waals surface area contributed by atoms with Crippen molar-refractivity contribution in [3.63, 3.8) is 0 Å². The summed E-state index contributed by atoms with van der Waals surface area (Å²) in [6, 6.07) is 8.57. The molecule has 1 saturated heterocycles. The Kier molecular flexibility index (Phi) is 5.83. The molecule has 1 aromatic rings. The monoisotopic (exact) mass is 302 g/mol. The van der Waals surface area contributed by atoms with Gasteiger partial charge in [0.25, 0.3) is 0 Å². The summed E-state index contributed by atoms with van der Waals surface area (Å²) in [6.45, 7) is 10.3. The summed E-state index contributed by atoms with van der Waals surface area (Å²) in [7, 11) is 0. The Morgan fingerprint density at radius 3 is 2.41 bits per heavy atom. The van der Waals surface area contributed by atoms with E-state index in [0.717, 1.165) is 6.54 Å². The summed E-state index contributed by atoms with van der Waals surface area (Å²) in [5.41, 5.74) is 8.56. The Hall–Kier alpha value is -1.55. The van der Waals surface area contributed by atoms with Crippen molar-refractivity contribution in [3.05, 3.63) is 35.4 Å². The number of nitrogens with one attached hydrogen (secondary N) is 1. The Balaban J connectivity index is 2.00. The van der Waals surface area contributed by atoms with E-state index in [1.165, 1.54) is 43.5 Å². The van der Waals surface area contributed by atoms with E-state index in [0.29, 0.717) is 12.5 Å². The van der Waals surface area contributed by atoms with Gasteiger partial charge in [0.15, 0.2) is 5.96 Å². The van der Waals surface area contributed by atoms with Crippen molar-refractivity contribution < 1.29 is 0 Å². The van der Waals surface area contributed by atoms with E-state index in [9.17, 15) is 0 Å². The second kappa shape index (κ2) is 7.63. The van der Waals surface area contributed by atoms with Crippen molar-refractivity contribution >= 4 is 5.96 Å². The number of rotatable bonds is 4. The van der Waals surface area contributed by atoms with E-state index in [4.69, 9.17) is 5.73 Å². The summed E-state index contributed by atoms with van der Waals surface area (Å²) >= 11 is 0. The minimum absolute atomic E-state index is 0.0547. The SMILES string of the molecule is CC(C)(C)NC(N)=NCc1ccccc1CN1CCCCC1. The zero-order valence-corrected chi connectivity index (χ0v) is 14.2. The lowest BCUT2D eigenvalue weighted by Crippen LogP contribution is -2.45. The van der Waals surface area contributed by atoms with E-state index >= 15 is 0 Å². The lowest BCUT2D eigenvalue weighted by Gasteiger charge is -2.27. The van der Waals surface area contributed by atoms with Crippen LogP contribution in [0, 0.1) is 0 Å². The summed E-state index contributed by atoms with van der Waals surface area (Å²) < 4.78 is 0. The third-order valence-electron chi connectivity index (χ3n) is 3.88. The first-order valence-corrected chi connectivity index (χ1v) is 8.31. The van der Waals surface area contributed by atoms with E-state index in [-0.39, 0.29) is 5.54 Å². The van der Waals surface area contributed by atoms with E-state index in [2.05, 4.69) is 60.2 Å². The highest BCUT2D eigenvalue weighted by Crippen LogP contribution is 2.16. The highest BCUT2D eigenvalue weighted by molar-refractivity contribution is 5.78. The Bertz CT molecular complexity index is 496. The largest absolute Gasteiger partial charge is 0.370 e. The van der Waals surface area contributed by atoms with Gasteiger partial charge in [-0.15, -0.1) is 0 Å². The fourth-order valence-electron chi connectivity index (χ4n) is 2.82. The van der Waals surface area contributed by atoms with Crippen LogP contribution in [0.4, 0.5) is 0 Å². The van der Waals surface area contributed by atoms with Gasteiger partial charge in [0.1, 0.15) is 0 Å². The predicted molar refractivity (Wildman–Crippen MR) is 93.8 cm³/mol. The van der Waals surface area contributed by atoms with Crippen LogP contribution >= 0.6 is 0 Å². The second-order valence-electron chi connectivity index (χ2n) is 7.18. The molecule has 4 heteroatoms. The van der Waals surface area contributed by atoms with Crippen LogP contribution in [0.5, 0.6) is 0 Å². The zero-order chi connectivity index (χ0) is 16.0. The minimum atomic E-state index is -0.0547. The summed E-state index contributed by atoms with van der Waals surface area (Å²) in [5, 5.41) is 3.21. The molecule has 0 unspecified atom stereocenters. The van der Waals surface area contributed by atoms with Gasteiger partial charge in [-0.3, -0.25) is 4.90 Å². The van der Waals surface area contributed by atoms with E-state index in [1.54, 1.807) is 0 Å². The van der Waals surface area contributed by atoms with E-state index in [1.807, 2.05) is 0 Å². The molecule has 1 aliphatic heterocycles. The fourth-order valence-corrected chi connectivity index (χ4v) is 2.82. The third-order valence-corrected chi connectivity index (χ3v) is 3.88. The molecule has 0 atom stereocenters. The lowest BCUT2D eigenvalue weighted by molar-refractivity contribution is 0.220. The number of benzene rings is 1. The van der Waals surface area contributed by atoms with Gasteiger partial charge < -0.3 is 11.1 Å². The molecule has 3 N–H and O–H groups in total. The maximum atomic E-state index is 5.97. The van der Waals surface area contributed by atoms with Crippen molar-refractivity contribution in [1.29, 1.82) is 0 Å². The Morgan fingerprint density at radius 1 is 1.14 bits per heavy atom. The number of piperidine rings is 1. The van der Waals surface area contributed by atoms with Crippen molar-refractivity contribution in [1.82, 2.24) is 10.2 Å². The Morgan fingerprint density at radius 2 is 1.77 bits per heavy atom. The number of nitrogens with two attached hydrogens (primary N) is 1. The maximum Gasteiger partial charge on any atom is 0.189 e. The molecule has 0 saturated carbocycles. The summed E-state index contributed by atoms with van der Waals surface area (Å²) in [5.74, 6) is 0.514. The molecular formula is C18H30N4. The first-order chi connectivity index (χ1) is 10.4. The molecule has 0 amide bonds. The molecule has 0 bridgehead atoms. The van der Waals surface area contributed by atoms with Gasteiger partial charge in [0.2, 0.25) is 0 Å². The van der Waals surface area contributed by atoms with E-state index < -0.39 is 0 Å². The predicted octanol–water partition coefficient (Wildman–Crippen LogP) is 2.88. The normalized spacial score (nSPS) is 17.5. The standard InChI is InChI=1S/C18H30N4/c1-18(2,3)21-17(19)20-13-15-9-5-6-10-16(15)14-22-11-7-4-8-12-22/h5-6,9-10H,4,7-8,11-14H2,1-3H3,(H3,19,20,21). The molecule has 122 valence electrons. The van der Waals surface area contributed by atoms with Gasteiger partial charge >= 0.3 is 0 Å². The fraction of sp³-hybridized carbons (Fsp3) is 0.611. The molecule has 2 rings (SSSR count). The molecule has 1 fully saturated rings. The van der Waals surface area contributed by atoms with Crippen molar-refractivity contribution in [2.75, 3.05) is 13.1 Å². The van der Waals surface area contributed by atoms with Crippen LogP contribution in [0.15, 0.2) is 29.3 Å². The van der Waals surface area contributed by atoms with Crippen LogP contribution in [0.2, 0.25) is 0 Å². The van der Waals surface area contributed by atoms with Crippen LogP contribution in [-0.2, 0) is 13.1 Å². The maximum absolute atomic E-state index is 5.97. The van der Waals surface area contributed by atoms with Gasteiger partial charge in [-0.2, -0.15) is 0 Å². The highest BCUT2D eigenvalue weighted by atomic mass is 15.1. The molecule has 4 nitrogen and oxygen atoms in total. The smallest absolute Gasteiger partial charge is 0.189 e. The topological polar surface area (TPSA) is 53.6 Å². The van der Waals surface area contributed by atoms with Gasteiger partial charge in [0.05, 0.1) is 6.54 Å². The van der Waals surface area contributed by atoms with Crippen LogP contribution in [0.3, 0.4) is 0 Å². The van der Waals surface area contributed by atoms with Crippen molar-refractivity contribution in [2.45, 2.75) is 58.7 Å². The summed E-state index contributed by atoms with van der Waals surface area (Å²) in [6.07, 6.45) is 4.02. The van der Waals surface area contributed by atoms with Gasteiger partial charge in [-0.05, 0) is 57.8 Å². The van der Waals surface area contributed by atoms with Gasteiger partial charge in [0, 0.05) is 12.1 Å². The number of guanidine groups is 1. The van der Waals surface area contributed by atoms with Crippen LogP contribution in [0.1, 0.15) is 51.2 Å². The molecule has 1 heterocycles. The molecule has 1 aromatic carbocycles. The van der Waals surface area contributed by atoms with Gasteiger partial charge in [-0.25, -0.2) is 4.99 Å². The molecule has 1 aliphatic rings. The first-order valence-electron chi connectivity index (χ1n) is 8.31. The number of hydrogen-bond donors (Lipinski definition) is 2. The van der Waals surface area contributed by atoms with Crippen molar-refractivity contribution in [2.24, 2.45) is 10.7 Å². The number of aliphatic imine (C=N–C) groups is 1. The number of nitrogens with zero attached hydrogens (tertiary/aromatic N) is 2. The average Bonchev–Trinajstić information content (AvgIpc) is 2.46. The molecule has 0 spiro atoms. The highest BCUT2D eigenvalue weighted by Gasteiger charge is 2.13. The molecule has 0 aliphatic carbocycles. The molecule has 0 radical (unpaired) electrons. The number of likely N-dealkylation sites (tertiary alicyclic amines) is 1. The Labute approximate surface area is 134 Å². The number of hydrogen-bond acceptors (Lipinski definition) is 2. The third kappa shape index (κ3) is 5.68. The zero-order valence-electron chi connectivity index (χ0n) is 14.2.